The molecule has 2 aromatic carbocycles. The van der Waals surface area contributed by atoms with Gasteiger partial charge in [0.1, 0.15) is 0 Å². The van der Waals surface area contributed by atoms with Gasteiger partial charge in [0.25, 0.3) is 0 Å². The van der Waals surface area contributed by atoms with E-state index in [-0.39, 0.29) is 5.91 Å². The van der Waals surface area contributed by atoms with Crippen molar-refractivity contribution in [3.63, 3.8) is 0 Å². The topological polar surface area (TPSA) is 34.4 Å². The number of amides is 1. The maximum absolute atomic E-state index is 12.2. The molecule has 3 nitrogen and oxygen atoms in total. The van der Waals surface area contributed by atoms with Crippen LogP contribution in [0.5, 0.6) is 0 Å². The molecule has 0 aliphatic heterocycles. The fourth-order valence-corrected chi connectivity index (χ4v) is 4.27. The van der Waals surface area contributed by atoms with Crippen molar-refractivity contribution in [1.82, 2.24) is 4.57 Å². The van der Waals surface area contributed by atoms with E-state index in [9.17, 15) is 4.79 Å². The molecule has 0 N–H and O–H groups in total. The first-order valence-corrected chi connectivity index (χ1v) is 9.53. The standard InChI is InChI=1S/C19H18N2OS2/c1-2-13-21-16-10-6-7-11-17(16)24-19(21)20-18(22)12-14-23-15-8-4-3-5-9-15/h2-11H,1,12-14H2. The Bertz CT molecular complexity index is 910. The number of benzene rings is 2. The summed E-state index contributed by atoms with van der Waals surface area (Å²) < 4.78 is 3.17. The van der Waals surface area contributed by atoms with Gasteiger partial charge in [-0.15, -0.1) is 18.3 Å². The monoisotopic (exact) mass is 354 g/mol. The minimum Gasteiger partial charge on any atom is -0.313 e. The van der Waals surface area contributed by atoms with Crippen LogP contribution in [0, 0.1) is 0 Å². The molecule has 1 aromatic heterocycles. The summed E-state index contributed by atoms with van der Waals surface area (Å²) in [7, 11) is 0. The van der Waals surface area contributed by atoms with E-state index >= 15 is 0 Å². The highest BCUT2D eigenvalue weighted by atomic mass is 32.2. The molecule has 3 aromatic rings. The molecule has 0 bridgehead atoms. The Labute approximate surface area is 149 Å². The van der Waals surface area contributed by atoms with Crippen molar-refractivity contribution in [3.8, 4) is 0 Å². The van der Waals surface area contributed by atoms with Gasteiger partial charge in [-0.1, -0.05) is 47.7 Å². The van der Waals surface area contributed by atoms with Crippen molar-refractivity contribution in [2.45, 2.75) is 17.9 Å². The SMILES string of the molecule is C=CCn1c(=NC(=O)CCSc2ccccc2)sc2ccccc21. The van der Waals surface area contributed by atoms with Crippen LogP contribution in [0.4, 0.5) is 0 Å². The predicted octanol–water partition coefficient (Wildman–Crippen LogP) is 4.50. The molecule has 0 fully saturated rings. The lowest BCUT2D eigenvalue weighted by molar-refractivity contribution is -0.117. The van der Waals surface area contributed by atoms with Crippen molar-refractivity contribution in [2.24, 2.45) is 4.99 Å². The Morgan fingerprint density at radius 3 is 2.71 bits per heavy atom. The number of nitrogens with zero attached hydrogens (tertiary/aromatic N) is 2. The van der Waals surface area contributed by atoms with Gasteiger partial charge in [0, 0.05) is 23.6 Å². The van der Waals surface area contributed by atoms with Crippen LogP contribution in [0.1, 0.15) is 6.42 Å². The first kappa shape index (κ1) is 16.7. The molecule has 0 atom stereocenters. The summed E-state index contributed by atoms with van der Waals surface area (Å²) in [6, 6.07) is 18.2. The lowest BCUT2D eigenvalue weighted by Gasteiger charge is -2.01. The fraction of sp³-hybridized carbons (Fsp3) is 0.158. The number of allylic oxidation sites excluding steroid dienone is 1. The van der Waals surface area contributed by atoms with Crippen molar-refractivity contribution >= 4 is 39.2 Å². The average molecular weight is 355 g/mol. The van der Waals surface area contributed by atoms with Crippen LogP contribution in [-0.2, 0) is 11.3 Å². The summed E-state index contributed by atoms with van der Waals surface area (Å²) in [5.41, 5.74) is 1.09. The van der Waals surface area contributed by atoms with E-state index in [0.717, 1.165) is 20.8 Å². The Hall–Kier alpha value is -2.11. The molecule has 1 amide bonds. The highest BCUT2D eigenvalue weighted by Crippen LogP contribution is 2.18. The van der Waals surface area contributed by atoms with Crippen molar-refractivity contribution < 1.29 is 4.79 Å². The van der Waals surface area contributed by atoms with Gasteiger partial charge < -0.3 is 4.57 Å². The van der Waals surface area contributed by atoms with Gasteiger partial charge in [-0.3, -0.25) is 4.79 Å². The second kappa shape index (κ2) is 8.13. The number of para-hydroxylation sites is 1. The van der Waals surface area contributed by atoms with E-state index in [4.69, 9.17) is 0 Å². The van der Waals surface area contributed by atoms with E-state index in [1.165, 1.54) is 4.90 Å². The molecule has 0 unspecified atom stereocenters. The lowest BCUT2D eigenvalue weighted by atomic mass is 10.3. The number of thiazole rings is 1. The quantitative estimate of drug-likeness (QED) is 0.482. The van der Waals surface area contributed by atoms with Crippen LogP contribution >= 0.6 is 23.1 Å². The molecule has 0 aliphatic rings. The minimum atomic E-state index is -0.0807. The van der Waals surface area contributed by atoms with Gasteiger partial charge in [-0.05, 0) is 24.3 Å². The number of carbonyl (C=O) groups excluding carboxylic acids is 1. The molecule has 0 radical (unpaired) electrons. The maximum atomic E-state index is 12.2. The highest BCUT2D eigenvalue weighted by molar-refractivity contribution is 7.99. The Morgan fingerprint density at radius 2 is 1.92 bits per heavy atom. The van der Waals surface area contributed by atoms with Gasteiger partial charge in [-0.25, -0.2) is 0 Å². The average Bonchev–Trinajstić information content (AvgIpc) is 2.94. The highest BCUT2D eigenvalue weighted by Gasteiger charge is 2.06. The summed E-state index contributed by atoms with van der Waals surface area (Å²) in [6.45, 7) is 4.45. The largest absolute Gasteiger partial charge is 0.313 e. The fourth-order valence-electron chi connectivity index (χ4n) is 2.35. The molecule has 122 valence electrons. The Balaban J connectivity index is 1.75. The van der Waals surface area contributed by atoms with Crippen LogP contribution in [0.2, 0.25) is 0 Å². The molecule has 3 rings (SSSR count). The number of carbonyl (C=O) groups is 1. The van der Waals surface area contributed by atoms with Crippen molar-refractivity contribution in [3.05, 3.63) is 72.1 Å². The third-order valence-electron chi connectivity index (χ3n) is 3.45. The normalized spacial score (nSPS) is 11.8. The van der Waals surface area contributed by atoms with E-state index in [1.54, 1.807) is 23.1 Å². The minimum absolute atomic E-state index is 0.0807. The Morgan fingerprint density at radius 1 is 1.17 bits per heavy atom. The van der Waals surface area contributed by atoms with Crippen molar-refractivity contribution in [2.75, 3.05) is 5.75 Å². The van der Waals surface area contributed by atoms with Gasteiger partial charge in [0.05, 0.1) is 10.2 Å². The number of hydrogen-bond donors (Lipinski definition) is 0. The zero-order valence-electron chi connectivity index (χ0n) is 13.2. The molecule has 1 heterocycles. The number of aromatic nitrogens is 1. The third kappa shape index (κ3) is 4.04. The number of hydrogen-bond acceptors (Lipinski definition) is 3. The van der Waals surface area contributed by atoms with Crippen LogP contribution in [0.25, 0.3) is 10.2 Å². The molecular formula is C19H18N2OS2. The summed E-state index contributed by atoms with van der Waals surface area (Å²) in [5.74, 6) is 0.654. The zero-order chi connectivity index (χ0) is 16.8. The van der Waals surface area contributed by atoms with Crippen LogP contribution in [0.3, 0.4) is 0 Å². The maximum Gasteiger partial charge on any atom is 0.249 e. The second-order valence-corrected chi connectivity index (χ2v) is 7.35. The van der Waals surface area contributed by atoms with Crippen LogP contribution in [0.15, 0.2) is 77.1 Å². The molecule has 0 saturated heterocycles. The van der Waals surface area contributed by atoms with E-state index in [2.05, 4.69) is 23.7 Å². The van der Waals surface area contributed by atoms with Crippen LogP contribution in [-0.4, -0.2) is 16.2 Å². The molecular weight excluding hydrogens is 336 g/mol. The van der Waals surface area contributed by atoms with Gasteiger partial charge in [0.2, 0.25) is 5.91 Å². The first-order chi connectivity index (χ1) is 11.8. The number of rotatable bonds is 6. The Kier molecular flexibility index (Phi) is 5.67. The van der Waals surface area contributed by atoms with E-state index in [1.807, 2.05) is 53.1 Å². The lowest BCUT2D eigenvalue weighted by Crippen LogP contribution is -2.16. The number of thioether (sulfide) groups is 1. The predicted molar refractivity (Wildman–Crippen MR) is 102 cm³/mol. The smallest absolute Gasteiger partial charge is 0.249 e. The number of fused-ring (bicyclic) bond motifs is 1. The summed E-state index contributed by atoms with van der Waals surface area (Å²) in [4.78, 5) is 18.5. The van der Waals surface area contributed by atoms with Crippen LogP contribution < -0.4 is 4.80 Å². The molecule has 0 saturated carbocycles. The first-order valence-electron chi connectivity index (χ1n) is 7.72. The second-order valence-electron chi connectivity index (χ2n) is 5.17. The summed E-state index contributed by atoms with van der Waals surface area (Å²) in [5, 5.41) is 0. The molecule has 0 aliphatic carbocycles. The van der Waals surface area contributed by atoms with Gasteiger partial charge in [-0.2, -0.15) is 4.99 Å². The summed E-state index contributed by atoms with van der Waals surface area (Å²) in [6.07, 6.45) is 2.26. The molecule has 5 heteroatoms. The molecule has 24 heavy (non-hydrogen) atoms. The third-order valence-corrected chi connectivity index (χ3v) is 5.52. The van der Waals surface area contributed by atoms with E-state index in [0.29, 0.717) is 13.0 Å². The molecule has 0 spiro atoms. The van der Waals surface area contributed by atoms with E-state index < -0.39 is 0 Å². The van der Waals surface area contributed by atoms with Crippen molar-refractivity contribution in [1.29, 1.82) is 0 Å². The zero-order valence-corrected chi connectivity index (χ0v) is 14.9. The van der Waals surface area contributed by atoms with Gasteiger partial charge in [0.15, 0.2) is 4.80 Å². The summed E-state index contributed by atoms with van der Waals surface area (Å²) >= 11 is 3.22. The van der Waals surface area contributed by atoms with Gasteiger partial charge >= 0.3 is 0 Å².